The third-order valence-corrected chi connectivity index (χ3v) is 6.32. The van der Waals surface area contributed by atoms with Gasteiger partial charge in [-0.2, -0.15) is 11.8 Å². The molecule has 8 heteroatoms. The van der Waals surface area contributed by atoms with Crippen LogP contribution in [0.25, 0.3) is 0 Å². The molecule has 2 aromatic rings. The molecule has 0 saturated heterocycles. The number of ether oxygens (including phenoxy) is 2. The third-order valence-electron chi connectivity index (χ3n) is 5.20. The van der Waals surface area contributed by atoms with E-state index < -0.39 is 30.3 Å². The predicted molar refractivity (Wildman–Crippen MR) is 118 cm³/mol. The molecule has 2 aromatic carbocycles. The van der Waals surface area contributed by atoms with Crippen molar-refractivity contribution in [1.29, 1.82) is 0 Å². The minimum atomic E-state index is -1.20. The number of aliphatic hydroxyl groups is 2. The number of nitrogens with one attached hydrogen (secondary N) is 1. The summed E-state index contributed by atoms with van der Waals surface area (Å²) in [5.74, 6) is -0.939. The van der Waals surface area contributed by atoms with E-state index in [1.54, 1.807) is 54.6 Å². The summed E-state index contributed by atoms with van der Waals surface area (Å²) in [5, 5.41) is 23.8. The minimum Gasteiger partial charge on any atom is -0.462 e. The first-order valence-electron chi connectivity index (χ1n) is 10.1. The molecular formula is C23H27NO6S. The van der Waals surface area contributed by atoms with Crippen molar-refractivity contribution in [3.05, 3.63) is 71.8 Å². The normalized spacial score (nSPS) is 25.2. The van der Waals surface area contributed by atoms with Gasteiger partial charge in [-0.15, -0.1) is 0 Å². The summed E-state index contributed by atoms with van der Waals surface area (Å²) >= 11 is 1.40. The Kier molecular flexibility index (Phi) is 8.48. The van der Waals surface area contributed by atoms with Crippen molar-refractivity contribution in [3.8, 4) is 0 Å². The van der Waals surface area contributed by atoms with E-state index in [-0.39, 0.29) is 17.8 Å². The monoisotopic (exact) mass is 445 g/mol. The molecule has 1 aliphatic rings. The van der Waals surface area contributed by atoms with Crippen molar-refractivity contribution in [2.45, 2.75) is 36.0 Å². The second-order valence-electron chi connectivity index (χ2n) is 7.25. The lowest BCUT2D eigenvalue weighted by Crippen LogP contribution is -2.46. The molecule has 1 aliphatic carbocycles. The van der Waals surface area contributed by atoms with Crippen LogP contribution in [0.3, 0.4) is 0 Å². The number of thioether (sulfide) groups is 1. The Labute approximate surface area is 185 Å². The highest BCUT2D eigenvalue weighted by atomic mass is 32.2. The van der Waals surface area contributed by atoms with Crippen LogP contribution >= 0.6 is 11.8 Å². The van der Waals surface area contributed by atoms with Crippen LogP contribution < -0.4 is 5.32 Å². The van der Waals surface area contributed by atoms with E-state index in [2.05, 4.69) is 5.32 Å². The molecule has 1 saturated carbocycles. The van der Waals surface area contributed by atoms with E-state index in [1.807, 2.05) is 12.3 Å². The maximum Gasteiger partial charge on any atom is 0.338 e. The predicted octanol–water partition coefficient (Wildman–Crippen LogP) is 1.88. The molecule has 0 unspecified atom stereocenters. The van der Waals surface area contributed by atoms with Crippen LogP contribution in [0.1, 0.15) is 27.1 Å². The van der Waals surface area contributed by atoms with Gasteiger partial charge in [0.1, 0.15) is 12.2 Å². The number of carbonyl (C=O) groups excluding carboxylic acids is 2. The highest BCUT2D eigenvalue weighted by Crippen LogP contribution is 2.32. The van der Waals surface area contributed by atoms with Crippen molar-refractivity contribution in [2.75, 3.05) is 19.4 Å². The summed E-state index contributed by atoms with van der Waals surface area (Å²) in [6.07, 6.45) is -0.762. The first kappa shape index (κ1) is 23.3. The lowest BCUT2D eigenvalue weighted by Gasteiger charge is -2.25. The molecule has 1 fully saturated rings. The van der Waals surface area contributed by atoms with Gasteiger partial charge in [0.15, 0.2) is 0 Å². The molecule has 0 spiro atoms. The van der Waals surface area contributed by atoms with E-state index in [0.717, 1.165) is 0 Å². The molecule has 0 radical (unpaired) electrons. The van der Waals surface area contributed by atoms with E-state index in [9.17, 15) is 19.8 Å². The lowest BCUT2D eigenvalue weighted by atomic mass is 10.1. The number of esters is 2. The topological polar surface area (TPSA) is 105 Å². The molecule has 0 bridgehead atoms. The molecule has 166 valence electrons. The summed E-state index contributed by atoms with van der Waals surface area (Å²) in [7, 11) is 0. The van der Waals surface area contributed by atoms with Crippen LogP contribution in [0.15, 0.2) is 60.7 Å². The molecule has 31 heavy (non-hydrogen) atoms. The van der Waals surface area contributed by atoms with Gasteiger partial charge < -0.3 is 25.0 Å². The van der Waals surface area contributed by atoms with E-state index >= 15 is 0 Å². The van der Waals surface area contributed by atoms with Crippen LogP contribution in [0.5, 0.6) is 0 Å². The van der Waals surface area contributed by atoms with Crippen molar-refractivity contribution < 1.29 is 29.3 Å². The highest BCUT2D eigenvalue weighted by molar-refractivity contribution is 7.99. The Balaban J connectivity index is 1.53. The van der Waals surface area contributed by atoms with Crippen molar-refractivity contribution in [1.82, 2.24) is 5.32 Å². The number of hydrogen-bond donors (Lipinski definition) is 3. The van der Waals surface area contributed by atoms with Crippen LogP contribution in [-0.4, -0.2) is 71.2 Å². The summed E-state index contributed by atoms with van der Waals surface area (Å²) in [6, 6.07) is 16.8. The zero-order valence-electron chi connectivity index (χ0n) is 17.2. The largest absolute Gasteiger partial charge is 0.462 e. The smallest absolute Gasteiger partial charge is 0.338 e. The fourth-order valence-electron chi connectivity index (χ4n) is 3.59. The van der Waals surface area contributed by atoms with E-state index in [1.165, 1.54) is 11.8 Å². The van der Waals surface area contributed by atoms with Gasteiger partial charge in [-0.25, -0.2) is 9.59 Å². The average Bonchev–Trinajstić information content (AvgIpc) is 3.03. The molecule has 3 N–H and O–H groups in total. The van der Waals surface area contributed by atoms with Crippen LogP contribution in [0.4, 0.5) is 0 Å². The minimum absolute atomic E-state index is 0.219. The molecule has 7 nitrogen and oxygen atoms in total. The van der Waals surface area contributed by atoms with Crippen LogP contribution in [-0.2, 0) is 9.47 Å². The number of rotatable bonds is 9. The molecule has 0 heterocycles. The molecule has 5 atom stereocenters. The Morgan fingerprint density at radius 2 is 1.52 bits per heavy atom. The average molecular weight is 446 g/mol. The number of aliphatic hydroxyl groups excluding tert-OH is 2. The van der Waals surface area contributed by atoms with Crippen molar-refractivity contribution >= 4 is 23.7 Å². The van der Waals surface area contributed by atoms with E-state index in [0.29, 0.717) is 24.1 Å². The molecule has 0 aromatic heterocycles. The fraction of sp³-hybridized carbons (Fsp3) is 0.391. The van der Waals surface area contributed by atoms with Gasteiger partial charge in [0.25, 0.3) is 0 Å². The standard InChI is InChI=1S/C23H27NO6S/c1-31-21-17(24-13-8-14-29-22(27)15-9-4-2-5-10-15)20(18(25)19(21)26)30-23(28)16-11-6-3-7-12-16/h2-7,9-12,17-21,24-26H,8,13-14H2,1H3/t17-,18-,19+,20-,21+/m0/s1. The Morgan fingerprint density at radius 3 is 2.10 bits per heavy atom. The second kappa shape index (κ2) is 11.3. The van der Waals surface area contributed by atoms with Crippen molar-refractivity contribution in [3.63, 3.8) is 0 Å². The van der Waals surface area contributed by atoms with Gasteiger partial charge in [-0.3, -0.25) is 0 Å². The second-order valence-corrected chi connectivity index (χ2v) is 8.27. The maximum atomic E-state index is 12.5. The summed E-state index contributed by atoms with van der Waals surface area (Å²) in [5.41, 5.74) is 0.871. The summed E-state index contributed by atoms with van der Waals surface area (Å²) in [4.78, 5) is 24.5. The van der Waals surface area contributed by atoms with Crippen LogP contribution in [0, 0.1) is 0 Å². The molecule has 3 rings (SSSR count). The number of carbonyl (C=O) groups is 2. The Bertz CT molecular complexity index is 850. The van der Waals surface area contributed by atoms with Crippen LogP contribution in [0.2, 0.25) is 0 Å². The quantitative estimate of drug-likeness (QED) is 0.397. The Morgan fingerprint density at radius 1 is 0.935 bits per heavy atom. The van der Waals surface area contributed by atoms with Gasteiger partial charge in [0, 0.05) is 0 Å². The van der Waals surface area contributed by atoms with Gasteiger partial charge in [-0.05, 0) is 43.5 Å². The molecule has 0 amide bonds. The van der Waals surface area contributed by atoms with Gasteiger partial charge in [0.2, 0.25) is 0 Å². The summed E-state index contributed by atoms with van der Waals surface area (Å²) < 4.78 is 10.8. The Hall–Kier alpha value is -2.39. The number of hydrogen-bond acceptors (Lipinski definition) is 8. The van der Waals surface area contributed by atoms with E-state index in [4.69, 9.17) is 9.47 Å². The fourth-order valence-corrected chi connectivity index (χ4v) is 4.58. The third kappa shape index (κ3) is 5.86. The van der Waals surface area contributed by atoms with Crippen molar-refractivity contribution in [2.24, 2.45) is 0 Å². The first-order valence-corrected chi connectivity index (χ1v) is 11.4. The lowest BCUT2D eigenvalue weighted by molar-refractivity contribution is -0.0406. The zero-order chi connectivity index (χ0) is 22.2. The van der Waals surface area contributed by atoms with Gasteiger partial charge in [0.05, 0.1) is 35.1 Å². The maximum absolute atomic E-state index is 12.5. The summed E-state index contributed by atoms with van der Waals surface area (Å²) in [6.45, 7) is 0.680. The first-order chi connectivity index (χ1) is 15.0. The molecular weight excluding hydrogens is 418 g/mol. The highest BCUT2D eigenvalue weighted by Gasteiger charge is 2.51. The molecule has 0 aliphatic heterocycles. The van der Waals surface area contributed by atoms with Gasteiger partial charge in [-0.1, -0.05) is 36.4 Å². The number of benzene rings is 2. The zero-order valence-corrected chi connectivity index (χ0v) is 18.0. The SMILES string of the molecule is CS[C@H]1[C@H](O)[C@H](O)[C@@H](OC(=O)c2ccccc2)[C@@H]1NCCCOC(=O)c1ccccc1. The van der Waals surface area contributed by atoms with Gasteiger partial charge >= 0.3 is 11.9 Å².